The summed E-state index contributed by atoms with van der Waals surface area (Å²) in [4.78, 5) is 35.4. The molecule has 2 aliphatic rings. The summed E-state index contributed by atoms with van der Waals surface area (Å²) in [6.45, 7) is -0.472. The van der Waals surface area contributed by atoms with Crippen molar-refractivity contribution < 1.29 is 28.2 Å². The molecule has 0 saturated carbocycles. The molecule has 1 fully saturated rings. The van der Waals surface area contributed by atoms with Gasteiger partial charge < -0.3 is 19.7 Å². The Balaban J connectivity index is 1.69. The molecule has 2 atom stereocenters. The number of alkyl halides is 2. The first-order valence-corrected chi connectivity index (χ1v) is 11.3. The molecule has 35 heavy (non-hydrogen) atoms. The Bertz CT molecular complexity index is 1320. The van der Waals surface area contributed by atoms with Gasteiger partial charge in [-0.2, -0.15) is 8.78 Å². The number of ether oxygens (including phenoxy) is 1. The minimum absolute atomic E-state index is 0.0113. The number of H-pyrrole nitrogens is 1. The predicted molar refractivity (Wildman–Crippen MR) is 124 cm³/mol. The fourth-order valence-electron chi connectivity index (χ4n) is 5.21. The summed E-state index contributed by atoms with van der Waals surface area (Å²) in [5.41, 5.74) is 1.54. The zero-order chi connectivity index (χ0) is 25.1. The quantitative estimate of drug-likeness (QED) is 0.521. The second kappa shape index (κ2) is 8.23. The zero-order valence-corrected chi connectivity index (χ0v) is 19.6. The van der Waals surface area contributed by atoms with Crippen LogP contribution in [0.25, 0.3) is 10.9 Å². The molecule has 3 heterocycles. The first-order valence-electron chi connectivity index (χ1n) is 11.3. The monoisotopic (exact) mass is 484 g/mol. The molecular formula is C25H26F2N4O4. The van der Waals surface area contributed by atoms with Gasteiger partial charge in [-0.3, -0.25) is 14.6 Å². The molecule has 0 radical (unpaired) electrons. The van der Waals surface area contributed by atoms with Crippen LogP contribution < -0.4 is 4.74 Å². The molecule has 8 nitrogen and oxygen atoms in total. The fourth-order valence-corrected chi connectivity index (χ4v) is 5.21. The number of urea groups is 1. The van der Waals surface area contributed by atoms with Crippen molar-refractivity contribution >= 4 is 22.8 Å². The number of likely N-dealkylation sites (N-methyl/N-ethyl adjacent to an activating group) is 1. The van der Waals surface area contributed by atoms with Crippen LogP contribution >= 0.6 is 0 Å². The van der Waals surface area contributed by atoms with Crippen molar-refractivity contribution in [3.05, 3.63) is 59.3 Å². The fraction of sp³-hybridized carbons (Fsp3) is 0.360. The maximum absolute atomic E-state index is 13.7. The molecular weight excluding hydrogens is 458 g/mol. The van der Waals surface area contributed by atoms with E-state index in [1.807, 2.05) is 19.0 Å². The number of rotatable bonds is 6. The van der Waals surface area contributed by atoms with Gasteiger partial charge in [-0.15, -0.1) is 0 Å². The smallest absolute Gasteiger partial charge is 0.387 e. The summed E-state index contributed by atoms with van der Waals surface area (Å²) in [6, 6.07) is 10.1. The van der Waals surface area contributed by atoms with Gasteiger partial charge in [0.2, 0.25) is 0 Å². The van der Waals surface area contributed by atoms with Crippen LogP contribution in [0.15, 0.2) is 42.5 Å². The van der Waals surface area contributed by atoms with Gasteiger partial charge in [-0.05, 0) is 62.5 Å². The molecule has 0 spiro atoms. The highest BCUT2D eigenvalue weighted by Gasteiger charge is 2.60. The van der Waals surface area contributed by atoms with Crippen molar-refractivity contribution in [1.29, 1.82) is 0 Å². The van der Waals surface area contributed by atoms with E-state index in [1.165, 1.54) is 23.1 Å². The Morgan fingerprint density at radius 1 is 1.23 bits per heavy atom. The van der Waals surface area contributed by atoms with Crippen LogP contribution in [0.3, 0.4) is 0 Å². The molecule has 10 heteroatoms. The van der Waals surface area contributed by atoms with Gasteiger partial charge in [0, 0.05) is 36.1 Å². The number of aromatic amines is 1. The van der Waals surface area contributed by atoms with Crippen molar-refractivity contribution in [1.82, 2.24) is 19.7 Å². The number of nitrogens with zero attached hydrogens (tertiary/aromatic N) is 3. The summed E-state index contributed by atoms with van der Waals surface area (Å²) in [6.07, 6.45) is 0.207. The molecule has 3 aromatic rings. The van der Waals surface area contributed by atoms with Crippen LogP contribution in [0.1, 0.15) is 29.8 Å². The lowest BCUT2D eigenvalue weighted by Crippen LogP contribution is -2.53. The van der Waals surface area contributed by atoms with E-state index >= 15 is 0 Å². The number of phenolic OH excluding ortho intramolecular Hbond substituents is 1. The molecule has 2 aliphatic heterocycles. The van der Waals surface area contributed by atoms with Crippen molar-refractivity contribution in [3.8, 4) is 11.5 Å². The van der Waals surface area contributed by atoms with E-state index in [9.17, 15) is 23.5 Å². The molecule has 2 N–H and O–H groups in total. The van der Waals surface area contributed by atoms with Crippen LogP contribution in [0.2, 0.25) is 0 Å². The van der Waals surface area contributed by atoms with Gasteiger partial charge in [0.15, 0.2) is 0 Å². The van der Waals surface area contributed by atoms with Gasteiger partial charge in [-0.25, -0.2) is 4.79 Å². The number of amides is 3. The Morgan fingerprint density at radius 3 is 2.69 bits per heavy atom. The summed E-state index contributed by atoms with van der Waals surface area (Å²) >= 11 is 0. The van der Waals surface area contributed by atoms with E-state index in [2.05, 4.69) is 9.72 Å². The standard InChI is InChI=1S/C25H26F2N4O4/c1-25-13-18-17-12-16(35-23(26)27)7-8-19(17)28-20(18)21(14-5-4-6-15(32)11-14)31(25)24(34)30(22(25)33)10-9-29(2)3/h4-8,11-12,21,23,28,32H,9-10,13H2,1-3H3/t21-,25+/m1/s1. The average molecular weight is 485 g/mol. The molecule has 2 aromatic carbocycles. The van der Waals surface area contributed by atoms with Gasteiger partial charge in [0.1, 0.15) is 23.1 Å². The van der Waals surface area contributed by atoms with E-state index < -0.39 is 24.2 Å². The van der Waals surface area contributed by atoms with Gasteiger partial charge in [-0.1, -0.05) is 12.1 Å². The number of imide groups is 1. The highest BCUT2D eigenvalue weighted by Crippen LogP contribution is 2.49. The summed E-state index contributed by atoms with van der Waals surface area (Å²) in [5.74, 6) is -0.269. The molecule has 5 rings (SSSR count). The van der Waals surface area contributed by atoms with Crippen molar-refractivity contribution in [3.63, 3.8) is 0 Å². The van der Waals surface area contributed by atoms with Crippen LogP contribution in [0.5, 0.6) is 11.5 Å². The number of phenols is 1. The number of fused-ring (bicyclic) bond motifs is 4. The normalized spacial score (nSPS) is 21.9. The average Bonchev–Trinajstić information content (AvgIpc) is 3.22. The number of carbonyl (C=O) groups excluding carboxylic acids is 2. The lowest BCUT2D eigenvalue weighted by molar-refractivity contribution is -0.133. The third kappa shape index (κ3) is 3.68. The van der Waals surface area contributed by atoms with E-state index in [0.717, 1.165) is 5.56 Å². The summed E-state index contributed by atoms with van der Waals surface area (Å²) in [5, 5.41) is 10.8. The minimum atomic E-state index is -2.96. The van der Waals surface area contributed by atoms with Crippen LogP contribution in [0, 0.1) is 0 Å². The predicted octanol–water partition coefficient (Wildman–Crippen LogP) is 3.70. The second-order valence-corrected chi connectivity index (χ2v) is 9.46. The first kappa shape index (κ1) is 23.1. The third-order valence-corrected chi connectivity index (χ3v) is 6.82. The van der Waals surface area contributed by atoms with Crippen molar-refractivity contribution in [2.45, 2.75) is 31.5 Å². The molecule has 184 valence electrons. The first-order chi connectivity index (χ1) is 16.6. The lowest BCUT2D eigenvalue weighted by atomic mass is 9.81. The number of nitrogens with one attached hydrogen (secondary N) is 1. The number of benzene rings is 2. The number of hydrogen-bond donors (Lipinski definition) is 2. The Hall–Kier alpha value is -3.66. The number of hydrogen-bond acceptors (Lipinski definition) is 5. The molecule has 0 bridgehead atoms. The number of aromatic nitrogens is 1. The van der Waals surface area contributed by atoms with E-state index in [1.54, 1.807) is 36.1 Å². The van der Waals surface area contributed by atoms with E-state index in [0.29, 0.717) is 28.7 Å². The second-order valence-electron chi connectivity index (χ2n) is 9.46. The van der Waals surface area contributed by atoms with Gasteiger partial charge in [0.05, 0.1) is 0 Å². The van der Waals surface area contributed by atoms with E-state index in [-0.39, 0.29) is 30.4 Å². The SMILES string of the molecule is CN(C)CCN1C(=O)N2[C@H](c3cccc(O)c3)c3[nH]c4ccc(OC(F)F)cc4c3C[C@@]2(C)C1=O. The maximum atomic E-state index is 13.7. The minimum Gasteiger partial charge on any atom is -0.508 e. The van der Waals surface area contributed by atoms with Gasteiger partial charge in [0.25, 0.3) is 5.91 Å². The van der Waals surface area contributed by atoms with Crippen LogP contribution in [-0.4, -0.2) is 76.1 Å². The molecule has 0 aliphatic carbocycles. The highest BCUT2D eigenvalue weighted by atomic mass is 19.3. The lowest BCUT2D eigenvalue weighted by Gasteiger charge is -2.42. The Labute approximate surface area is 200 Å². The third-order valence-electron chi connectivity index (χ3n) is 6.82. The Morgan fingerprint density at radius 2 is 2.00 bits per heavy atom. The maximum Gasteiger partial charge on any atom is 0.387 e. The van der Waals surface area contributed by atoms with Crippen molar-refractivity contribution in [2.75, 3.05) is 27.2 Å². The van der Waals surface area contributed by atoms with Crippen LogP contribution in [-0.2, 0) is 11.2 Å². The Kier molecular flexibility index (Phi) is 5.43. The largest absolute Gasteiger partial charge is 0.508 e. The number of carbonyl (C=O) groups is 2. The zero-order valence-electron chi connectivity index (χ0n) is 19.6. The van der Waals surface area contributed by atoms with E-state index in [4.69, 9.17) is 0 Å². The van der Waals surface area contributed by atoms with Crippen molar-refractivity contribution in [2.24, 2.45) is 0 Å². The summed E-state index contributed by atoms with van der Waals surface area (Å²) < 4.78 is 30.3. The molecule has 3 amide bonds. The summed E-state index contributed by atoms with van der Waals surface area (Å²) in [7, 11) is 3.73. The van der Waals surface area contributed by atoms with Crippen LogP contribution in [0.4, 0.5) is 13.6 Å². The molecule has 1 saturated heterocycles. The number of aromatic hydroxyl groups is 1. The van der Waals surface area contributed by atoms with Gasteiger partial charge >= 0.3 is 12.6 Å². The molecule has 0 unspecified atom stereocenters. The molecule has 1 aromatic heterocycles. The highest BCUT2D eigenvalue weighted by molar-refractivity contribution is 6.08. The number of halogens is 2. The topological polar surface area (TPSA) is 89.1 Å².